The van der Waals surface area contributed by atoms with Crippen molar-refractivity contribution in [2.75, 3.05) is 32.0 Å². The SMILES string of the molecule is COc1cccc(OCCCN)c1-c1cc(NOS(C)(=O)=O)n[nH]1. The van der Waals surface area contributed by atoms with Gasteiger partial charge in [-0.2, -0.15) is 13.5 Å². The van der Waals surface area contributed by atoms with Gasteiger partial charge in [0.15, 0.2) is 5.82 Å². The molecule has 132 valence electrons. The summed E-state index contributed by atoms with van der Waals surface area (Å²) in [6.45, 7) is 0.993. The second kappa shape index (κ2) is 7.99. The summed E-state index contributed by atoms with van der Waals surface area (Å²) in [6, 6.07) is 6.97. The van der Waals surface area contributed by atoms with E-state index in [1.807, 2.05) is 6.07 Å². The summed E-state index contributed by atoms with van der Waals surface area (Å²) in [7, 11) is -2.09. The number of aromatic amines is 1. The second-order valence-corrected chi connectivity index (χ2v) is 6.46. The third-order valence-corrected chi connectivity index (χ3v) is 3.34. The number of nitrogens with zero attached hydrogens (tertiary/aromatic N) is 1. The lowest BCUT2D eigenvalue weighted by Crippen LogP contribution is -2.09. The molecular weight excluding hydrogens is 336 g/mol. The first-order valence-electron chi connectivity index (χ1n) is 7.14. The number of benzene rings is 1. The Morgan fingerprint density at radius 1 is 1.33 bits per heavy atom. The lowest BCUT2D eigenvalue weighted by Gasteiger charge is -2.13. The van der Waals surface area contributed by atoms with Crippen LogP contribution in [0.25, 0.3) is 11.3 Å². The Labute approximate surface area is 140 Å². The first-order valence-corrected chi connectivity index (χ1v) is 8.96. The average Bonchev–Trinajstić information content (AvgIpc) is 3.01. The van der Waals surface area contributed by atoms with E-state index in [1.54, 1.807) is 25.3 Å². The van der Waals surface area contributed by atoms with Gasteiger partial charge in [-0.3, -0.25) is 5.10 Å². The van der Waals surface area contributed by atoms with Crippen molar-refractivity contribution in [2.45, 2.75) is 6.42 Å². The number of hydrogen-bond donors (Lipinski definition) is 3. The molecule has 0 fully saturated rings. The summed E-state index contributed by atoms with van der Waals surface area (Å²) < 4.78 is 37.6. The Balaban J connectivity index is 2.28. The highest BCUT2D eigenvalue weighted by atomic mass is 32.2. The van der Waals surface area contributed by atoms with Crippen LogP contribution in [0.5, 0.6) is 11.5 Å². The fourth-order valence-corrected chi connectivity index (χ4v) is 2.19. The third-order valence-electron chi connectivity index (χ3n) is 2.96. The molecule has 0 unspecified atom stereocenters. The van der Waals surface area contributed by atoms with Crippen LogP contribution in [0.1, 0.15) is 6.42 Å². The van der Waals surface area contributed by atoms with E-state index in [0.717, 1.165) is 6.26 Å². The second-order valence-electron chi connectivity index (χ2n) is 4.88. The fourth-order valence-electron chi connectivity index (χ4n) is 1.95. The first kappa shape index (κ1) is 18.0. The van der Waals surface area contributed by atoms with Crippen LogP contribution < -0.4 is 20.7 Å². The number of nitrogens with one attached hydrogen (secondary N) is 2. The zero-order valence-electron chi connectivity index (χ0n) is 13.4. The van der Waals surface area contributed by atoms with Crippen LogP contribution in [0.2, 0.25) is 0 Å². The van der Waals surface area contributed by atoms with E-state index in [0.29, 0.717) is 42.3 Å². The minimum absolute atomic E-state index is 0.203. The van der Waals surface area contributed by atoms with Gasteiger partial charge in [0.25, 0.3) is 10.1 Å². The first-order chi connectivity index (χ1) is 11.4. The third kappa shape index (κ3) is 4.85. The van der Waals surface area contributed by atoms with E-state index in [2.05, 4.69) is 20.0 Å². The van der Waals surface area contributed by atoms with E-state index in [1.165, 1.54) is 0 Å². The van der Waals surface area contributed by atoms with Crippen LogP contribution in [0, 0.1) is 0 Å². The van der Waals surface area contributed by atoms with Crippen molar-refractivity contribution in [3.63, 3.8) is 0 Å². The van der Waals surface area contributed by atoms with Crippen LogP contribution >= 0.6 is 0 Å². The zero-order valence-corrected chi connectivity index (χ0v) is 14.2. The summed E-state index contributed by atoms with van der Waals surface area (Å²) in [5.41, 5.74) is 8.98. The van der Waals surface area contributed by atoms with Crippen LogP contribution in [0.4, 0.5) is 5.82 Å². The molecular formula is C14H20N4O5S. The van der Waals surface area contributed by atoms with Crippen LogP contribution in [0.3, 0.4) is 0 Å². The molecule has 4 N–H and O–H groups in total. The van der Waals surface area contributed by atoms with Crippen LogP contribution in [-0.2, 0) is 14.4 Å². The van der Waals surface area contributed by atoms with Crippen molar-refractivity contribution in [1.29, 1.82) is 0 Å². The predicted molar refractivity (Wildman–Crippen MR) is 89.3 cm³/mol. The molecule has 0 atom stereocenters. The minimum Gasteiger partial charge on any atom is -0.496 e. The molecule has 0 aliphatic carbocycles. The van der Waals surface area contributed by atoms with E-state index in [4.69, 9.17) is 15.2 Å². The van der Waals surface area contributed by atoms with Crippen molar-refractivity contribution in [2.24, 2.45) is 5.73 Å². The highest BCUT2D eigenvalue weighted by Gasteiger charge is 2.16. The molecule has 0 aliphatic rings. The van der Waals surface area contributed by atoms with E-state index in [-0.39, 0.29) is 5.82 Å². The Kier molecular flexibility index (Phi) is 6.01. The summed E-state index contributed by atoms with van der Waals surface area (Å²) >= 11 is 0. The molecule has 2 rings (SSSR count). The molecule has 0 saturated carbocycles. The molecule has 0 saturated heterocycles. The zero-order chi connectivity index (χ0) is 17.6. The summed E-state index contributed by atoms with van der Waals surface area (Å²) in [6.07, 6.45) is 1.64. The van der Waals surface area contributed by atoms with E-state index < -0.39 is 10.1 Å². The number of aromatic nitrogens is 2. The molecule has 1 heterocycles. The maximum atomic E-state index is 11.0. The molecule has 2 aromatic rings. The molecule has 24 heavy (non-hydrogen) atoms. The Morgan fingerprint density at radius 2 is 2.08 bits per heavy atom. The van der Waals surface area contributed by atoms with Gasteiger partial charge in [0.05, 0.1) is 31.2 Å². The summed E-state index contributed by atoms with van der Waals surface area (Å²) in [4.78, 5) is 0. The number of methoxy groups -OCH3 is 1. The molecule has 10 heteroatoms. The minimum atomic E-state index is -3.64. The number of hydrogen-bond acceptors (Lipinski definition) is 8. The van der Waals surface area contributed by atoms with Gasteiger partial charge in [-0.05, 0) is 25.1 Å². The van der Waals surface area contributed by atoms with Crippen LogP contribution in [-0.4, -0.2) is 45.1 Å². The summed E-state index contributed by atoms with van der Waals surface area (Å²) in [5.74, 6) is 1.38. The maximum Gasteiger partial charge on any atom is 0.285 e. The Hall–Kier alpha value is -2.30. The molecule has 0 radical (unpaired) electrons. The molecule has 0 aliphatic heterocycles. The van der Waals surface area contributed by atoms with E-state index >= 15 is 0 Å². The van der Waals surface area contributed by atoms with Gasteiger partial charge in [-0.25, -0.2) is 5.48 Å². The Morgan fingerprint density at radius 3 is 2.75 bits per heavy atom. The Bertz CT molecular complexity index is 775. The van der Waals surface area contributed by atoms with Gasteiger partial charge >= 0.3 is 0 Å². The average molecular weight is 356 g/mol. The normalized spacial score (nSPS) is 11.3. The largest absolute Gasteiger partial charge is 0.496 e. The number of H-pyrrole nitrogens is 1. The standard InChI is InChI=1S/C14H20N4O5S/c1-21-11-5-3-6-12(22-8-4-7-15)14(11)10-9-13(17-16-10)18-23-24(2,19)20/h3,5-6,9H,4,7-8,15H2,1-2H3,(H2,16,17,18). The molecule has 1 aromatic heterocycles. The van der Waals surface area contributed by atoms with Gasteiger partial charge < -0.3 is 15.2 Å². The predicted octanol–water partition coefficient (Wildman–Crippen LogP) is 1.12. The van der Waals surface area contributed by atoms with Crippen molar-refractivity contribution in [1.82, 2.24) is 10.2 Å². The number of nitrogens with two attached hydrogens (primary N) is 1. The van der Waals surface area contributed by atoms with Crippen molar-refractivity contribution >= 4 is 15.9 Å². The van der Waals surface area contributed by atoms with Crippen LogP contribution in [0.15, 0.2) is 24.3 Å². The number of rotatable bonds is 9. The lowest BCUT2D eigenvalue weighted by molar-refractivity contribution is 0.312. The van der Waals surface area contributed by atoms with E-state index in [9.17, 15) is 8.42 Å². The molecule has 0 amide bonds. The van der Waals surface area contributed by atoms with Gasteiger partial charge in [-0.15, -0.1) is 4.28 Å². The van der Waals surface area contributed by atoms with Gasteiger partial charge in [0.1, 0.15) is 11.5 Å². The number of anilines is 1. The van der Waals surface area contributed by atoms with Crippen molar-refractivity contribution in [3.8, 4) is 22.8 Å². The molecule has 0 spiro atoms. The number of ether oxygens (including phenoxy) is 2. The monoisotopic (exact) mass is 356 g/mol. The lowest BCUT2D eigenvalue weighted by atomic mass is 10.1. The highest BCUT2D eigenvalue weighted by molar-refractivity contribution is 7.86. The van der Waals surface area contributed by atoms with Gasteiger partial charge in [-0.1, -0.05) is 6.07 Å². The summed E-state index contributed by atoms with van der Waals surface area (Å²) in [5, 5.41) is 6.74. The molecule has 0 bridgehead atoms. The van der Waals surface area contributed by atoms with Crippen molar-refractivity contribution in [3.05, 3.63) is 24.3 Å². The highest BCUT2D eigenvalue weighted by Crippen LogP contribution is 2.38. The van der Waals surface area contributed by atoms with Crippen molar-refractivity contribution < 1.29 is 22.2 Å². The van der Waals surface area contributed by atoms with Gasteiger partial charge in [0, 0.05) is 6.07 Å². The smallest absolute Gasteiger partial charge is 0.285 e. The molecule has 1 aromatic carbocycles. The fraction of sp³-hybridized carbons (Fsp3) is 0.357. The topological polar surface area (TPSA) is 129 Å². The molecule has 9 nitrogen and oxygen atoms in total. The maximum absolute atomic E-state index is 11.0. The quantitative estimate of drug-likeness (QED) is 0.450. The van der Waals surface area contributed by atoms with Gasteiger partial charge in [0.2, 0.25) is 0 Å².